The van der Waals surface area contributed by atoms with Crippen LogP contribution in [0.15, 0.2) is 41.3 Å². The molecular weight excluding hydrogens is 375 g/mol. The lowest BCUT2D eigenvalue weighted by Crippen LogP contribution is -2.09. The summed E-state index contributed by atoms with van der Waals surface area (Å²) in [6.45, 7) is 4.21. The Hall–Kier alpha value is -2.28. The van der Waals surface area contributed by atoms with E-state index in [1.54, 1.807) is 16.9 Å². The number of Topliss-reactive ketones (excluding diaryl/α,β-unsaturated/α-hetero) is 1. The smallest absolute Gasteiger partial charge is 0.162 e. The first-order valence-corrected chi connectivity index (χ1v) is 8.34. The molecule has 0 amide bonds. The Kier molecular flexibility index (Phi) is 4.62. The van der Waals surface area contributed by atoms with Gasteiger partial charge in [-0.15, -0.1) is 0 Å². The molecule has 1 aromatic carbocycles. The molecule has 24 heavy (non-hydrogen) atoms. The van der Waals surface area contributed by atoms with Crippen molar-refractivity contribution in [2.45, 2.75) is 26.8 Å². The van der Waals surface area contributed by atoms with Crippen LogP contribution in [0.2, 0.25) is 0 Å². The third kappa shape index (κ3) is 3.03. The molecule has 2 aromatic heterocycles. The number of aryl methyl sites for hydroxylation is 1. The number of halogens is 2. The Morgan fingerprint density at radius 3 is 2.75 bits per heavy atom. The number of carbonyl (C=O) groups is 1. The second-order valence-corrected chi connectivity index (χ2v) is 6.16. The maximum Gasteiger partial charge on any atom is 0.162 e. The van der Waals surface area contributed by atoms with Gasteiger partial charge in [-0.25, -0.2) is 9.07 Å². The van der Waals surface area contributed by atoms with Gasteiger partial charge >= 0.3 is 0 Å². The molecule has 0 fully saturated rings. The van der Waals surface area contributed by atoms with Crippen molar-refractivity contribution in [2.24, 2.45) is 0 Å². The van der Waals surface area contributed by atoms with Crippen LogP contribution in [-0.4, -0.2) is 25.3 Å². The molecule has 0 aliphatic rings. The Bertz CT molecular complexity index is 900. The zero-order chi connectivity index (χ0) is 17.3. The number of benzene rings is 1. The van der Waals surface area contributed by atoms with E-state index in [0.717, 1.165) is 22.4 Å². The highest BCUT2D eigenvalue weighted by atomic mass is 79.9. The van der Waals surface area contributed by atoms with Crippen molar-refractivity contribution < 1.29 is 9.18 Å². The fourth-order valence-electron chi connectivity index (χ4n) is 2.60. The predicted molar refractivity (Wildman–Crippen MR) is 91.9 cm³/mol. The Labute approximate surface area is 147 Å². The highest BCUT2D eigenvalue weighted by Crippen LogP contribution is 2.23. The minimum absolute atomic E-state index is 0.203. The van der Waals surface area contributed by atoms with Crippen molar-refractivity contribution in [1.82, 2.24) is 19.6 Å². The summed E-state index contributed by atoms with van der Waals surface area (Å²) in [4.78, 5) is 11.9. The second-order valence-electron chi connectivity index (χ2n) is 5.41. The van der Waals surface area contributed by atoms with E-state index >= 15 is 0 Å². The number of nitrogens with zero attached hydrogens (tertiary/aromatic N) is 4. The molecule has 0 saturated carbocycles. The number of rotatable bonds is 5. The highest BCUT2D eigenvalue weighted by molar-refractivity contribution is 9.10. The summed E-state index contributed by atoms with van der Waals surface area (Å²) in [6, 6.07) is 6.03. The second kappa shape index (κ2) is 6.68. The van der Waals surface area contributed by atoms with Crippen LogP contribution in [0.4, 0.5) is 4.39 Å². The van der Waals surface area contributed by atoms with Gasteiger partial charge in [-0.2, -0.15) is 10.2 Å². The van der Waals surface area contributed by atoms with Crippen LogP contribution in [0.1, 0.15) is 35.5 Å². The molecule has 2 heterocycles. The van der Waals surface area contributed by atoms with Crippen molar-refractivity contribution in [1.29, 1.82) is 0 Å². The molecule has 3 aromatic rings. The SMILES string of the molecule is CCn1ncc(Cc2ccnn2-c2ccc(F)cc2C(C)=O)c1Br. The average molecular weight is 391 g/mol. The first-order chi connectivity index (χ1) is 11.5. The quantitative estimate of drug-likeness (QED) is 0.622. The average Bonchev–Trinajstić information content (AvgIpc) is 3.15. The monoisotopic (exact) mass is 390 g/mol. The van der Waals surface area contributed by atoms with E-state index in [4.69, 9.17) is 0 Å². The molecule has 3 rings (SSSR count). The van der Waals surface area contributed by atoms with Crippen molar-refractivity contribution in [2.75, 3.05) is 0 Å². The normalized spacial score (nSPS) is 11.0. The largest absolute Gasteiger partial charge is 0.294 e. The number of aromatic nitrogens is 4. The molecule has 5 nitrogen and oxygen atoms in total. The first kappa shape index (κ1) is 16.6. The Morgan fingerprint density at radius 1 is 1.29 bits per heavy atom. The zero-order valence-corrected chi connectivity index (χ0v) is 14.9. The maximum absolute atomic E-state index is 13.5. The van der Waals surface area contributed by atoms with E-state index in [1.807, 2.05) is 23.9 Å². The standard InChI is InChI=1S/C17H16BrFN4O/c1-3-22-17(18)12(10-21-22)8-14-6-7-20-23(14)16-5-4-13(19)9-15(16)11(2)24/h4-7,9-10H,3,8H2,1-2H3. The fourth-order valence-corrected chi connectivity index (χ4v) is 3.18. The predicted octanol–water partition coefficient (Wildman–Crippen LogP) is 3.78. The van der Waals surface area contributed by atoms with E-state index in [0.29, 0.717) is 17.7 Å². The molecule has 0 aliphatic carbocycles. The van der Waals surface area contributed by atoms with Gasteiger partial charge in [0.25, 0.3) is 0 Å². The van der Waals surface area contributed by atoms with Crippen molar-refractivity contribution in [3.8, 4) is 5.69 Å². The van der Waals surface area contributed by atoms with Gasteiger partial charge in [-0.1, -0.05) is 0 Å². The van der Waals surface area contributed by atoms with E-state index in [-0.39, 0.29) is 5.78 Å². The van der Waals surface area contributed by atoms with Crippen LogP contribution < -0.4 is 0 Å². The summed E-state index contributed by atoms with van der Waals surface area (Å²) >= 11 is 3.55. The lowest BCUT2D eigenvalue weighted by Gasteiger charge is -2.11. The number of hydrogen-bond acceptors (Lipinski definition) is 3. The van der Waals surface area contributed by atoms with Gasteiger partial charge in [0.2, 0.25) is 0 Å². The van der Waals surface area contributed by atoms with Gasteiger partial charge < -0.3 is 0 Å². The van der Waals surface area contributed by atoms with Crippen molar-refractivity contribution >= 4 is 21.7 Å². The minimum Gasteiger partial charge on any atom is -0.294 e. The zero-order valence-electron chi connectivity index (χ0n) is 13.3. The van der Waals surface area contributed by atoms with Gasteiger partial charge in [-0.3, -0.25) is 9.48 Å². The number of hydrogen-bond donors (Lipinski definition) is 0. The van der Waals surface area contributed by atoms with Crippen molar-refractivity contribution in [3.05, 3.63) is 63.9 Å². The fraction of sp³-hybridized carbons (Fsp3) is 0.235. The summed E-state index contributed by atoms with van der Waals surface area (Å²) < 4.78 is 17.9. The molecule has 7 heteroatoms. The molecule has 0 radical (unpaired) electrons. The van der Waals surface area contributed by atoms with Gasteiger partial charge in [0.15, 0.2) is 5.78 Å². The van der Waals surface area contributed by atoms with Crippen LogP contribution >= 0.6 is 15.9 Å². The Balaban J connectivity index is 2.02. The van der Waals surface area contributed by atoms with Crippen LogP contribution in [0.3, 0.4) is 0 Å². The summed E-state index contributed by atoms with van der Waals surface area (Å²) in [6.07, 6.45) is 4.07. The number of ketones is 1. The molecule has 0 aliphatic heterocycles. The molecule has 124 valence electrons. The van der Waals surface area contributed by atoms with Gasteiger partial charge in [0.1, 0.15) is 10.4 Å². The van der Waals surface area contributed by atoms with Crippen LogP contribution in [0.5, 0.6) is 0 Å². The van der Waals surface area contributed by atoms with Crippen LogP contribution in [0, 0.1) is 5.82 Å². The van der Waals surface area contributed by atoms with E-state index in [9.17, 15) is 9.18 Å². The van der Waals surface area contributed by atoms with Crippen LogP contribution in [-0.2, 0) is 13.0 Å². The summed E-state index contributed by atoms with van der Waals surface area (Å²) in [5.41, 5.74) is 2.79. The third-order valence-electron chi connectivity index (χ3n) is 3.80. The molecule has 0 bridgehead atoms. The van der Waals surface area contributed by atoms with Gasteiger partial charge in [-0.05, 0) is 54.0 Å². The third-order valence-corrected chi connectivity index (χ3v) is 4.72. The molecule has 0 N–H and O–H groups in total. The number of carbonyl (C=O) groups excluding carboxylic acids is 1. The highest BCUT2D eigenvalue weighted by Gasteiger charge is 2.16. The summed E-state index contributed by atoms with van der Waals surface area (Å²) in [5, 5.41) is 8.62. The van der Waals surface area contributed by atoms with Crippen LogP contribution in [0.25, 0.3) is 5.69 Å². The molecule has 0 unspecified atom stereocenters. The van der Waals surface area contributed by atoms with E-state index in [1.165, 1.54) is 19.1 Å². The summed E-state index contributed by atoms with van der Waals surface area (Å²) in [7, 11) is 0. The lowest BCUT2D eigenvalue weighted by molar-refractivity contribution is 0.101. The Morgan fingerprint density at radius 2 is 2.08 bits per heavy atom. The topological polar surface area (TPSA) is 52.7 Å². The summed E-state index contributed by atoms with van der Waals surface area (Å²) in [5.74, 6) is -0.643. The molecular formula is C17H16BrFN4O. The molecule has 0 saturated heterocycles. The van der Waals surface area contributed by atoms with Crippen molar-refractivity contribution in [3.63, 3.8) is 0 Å². The first-order valence-electron chi connectivity index (χ1n) is 7.55. The lowest BCUT2D eigenvalue weighted by atomic mass is 10.1. The van der Waals surface area contributed by atoms with Gasteiger partial charge in [0.05, 0.1) is 11.9 Å². The minimum atomic E-state index is -0.440. The van der Waals surface area contributed by atoms with E-state index < -0.39 is 5.82 Å². The maximum atomic E-state index is 13.5. The molecule has 0 atom stereocenters. The molecule has 0 spiro atoms. The van der Waals surface area contributed by atoms with E-state index in [2.05, 4.69) is 26.1 Å². The van der Waals surface area contributed by atoms with Gasteiger partial charge in [0, 0.05) is 36.0 Å².